The lowest BCUT2D eigenvalue weighted by Crippen LogP contribution is -2.12. The van der Waals surface area contributed by atoms with E-state index in [0.717, 1.165) is 12.1 Å². The summed E-state index contributed by atoms with van der Waals surface area (Å²) in [6.07, 6.45) is 0.696. The minimum absolute atomic E-state index is 0.147. The molecule has 1 fully saturated rings. The number of hydrogen-bond donors (Lipinski definition) is 0. The van der Waals surface area contributed by atoms with Crippen molar-refractivity contribution in [1.29, 1.82) is 5.26 Å². The molecule has 0 aromatic heterocycles. The maximum atomic E-state index is 13.0. The second kappa shape index (κ2) is 2.79. The van der Waals surface area contributed by atoms with Gasteiger partial charge in [0.15, 0.2) is 11.6 Å². The Hall–Kier alpha value is -1.43. The monoisotopic (exact) mass is 207 g/mol. The van der Waals surface area contributed by atoms with Crippen LogP contribution < -0.4 is 0 Å². The van der Waals surface area contributed by atoms with E-state index >= 15 is 0 Å². The van der Waals surface area contributed by atoms with Crippen molar-refractivity contribution in [2.24, 2.45) is 5.41 Å². The summed E-state index contributed by atoms with van der Waals surface area (Å²) < 4.78 is 25.8. The van der Waals surface area contributed by atoms with E-state index in [1.807, 2.05) is 13.8 Å². The average Bonchev–Trinajstić information content (AvgIpc) is 2.75. The topological polar surface area (TPSA) is 23.8 Å². The van der Waals surface area contributed by atoms with Crippen LogP contribution in [-0.4, -0.2) is 0 Å². The zero-order valence-electron chi connectivity index (χ0n) is 8.64. The molecule has 0 heterocycles. The first-order chi connectivity index (χ1) is 6.93. The molecule has 1 unspecified atom stereocenters. The molecule has 15 heavy (non-hydrogen) atoms. The first-order valence-corrected chi connectivity index (χ1v) is 4.80. The van der Waals surface area contributed by atoms with Gasteiger partial charge in [-0.2, -0.15) is 5.26 Å². The third-order valence-corrected chi connectivity index (χ3v) is 3.34. The number of rotatable bonds is 1. The number of hydrogen-bond acceptors (Lipinski definition) is 1. The Morgan fingerprint density at radius 3 is 2.27 bits per heavy atom. The van der Waals surface area contributed by atoms with Gasteiger partial charge in [0.05, 0.1) is 11.5 Å². The molecular formula is C12H11F2N. The van der Waals surface area contributed by atoms with Crippen LogP contribution in [0.25, 0.3) is 0 Å². The summed E-state index contributed by atoms with van der Waals surface area (Å²) in [6.45, 7) is 3.91. The van der Waals surface area contributed by atoms with E-state index in [1.54, 1.807) is 0 Å². The lowest BCUT2D eigenvalue weighted by Gasteiger charge is -2.12. The van der Waals surface area contributed by atoms with E-state index in [2.05, 4.69) is 6.07 Å². The molecule has 1 aliphatic rings. The number of nitrogens with zero attached hydrogens (tertiary/aromatic N) is 1. The molecule has 0 spiro atoms. The fraction of sp³-hybridized carbons (Fsp3) is 0.417. The van der Waals surface area contributed by atoms with Crippen molar-refractivity contribution in [1.82, 2.24) is 0 Å². The maximum Gasteiger partial charge on any atom is 0.159 e. The summed E-state index contributed by atoms with van der Waals surface area (Å²) >= 11 is 0. The van der Waals surface area contributed by atoms with Gasteiger partial charge in [0, 0.05) is 0 Å². The van der Waals surface area contributed by atoms with E-state index in [0.29, 0.717) is 12.0 Å². The highest BCUT2D eigenvalue weighted by molar-refractivity contribution is 5.44. The van der Waals surface area contributed by atoms with E-state index in [-0.39, 0.29) is 5.41 Å². The van der Waals surface area contributed by atoms with Crippen LogP contribution in [0.15, 0.2) is 18.2 Å². The summed E-state index contributed by atoms with van der Waals surface area (Å²) in [7, 11) is 0. The molecule has 0 bridgehead atoms. The predicted octanol–water partition coefficient (Wildman–Crippen LogP) is 3.16. The molecule has 1 atom stereocenters. The molecule has 2 rings (SSSR count). The van der Waals surface area contributed by atoms with Crippen LogP contribution in [0.1, 0.15) is 25.8 Å². The van der Waals surface area contributed by atoms with Crippen LogP contribution in [0.4, 0.5) is 8.78 Å². The fourth-order valence-corrected chi connectivity index (χ4v) is 2.13. The first kappa shape index (κ1) is 10.1. The SMILES string of the molecule is CC1(C)CC1(C#N)c1ccc(F)c(F)c1. The lowest BCUT2D eigenvalue weighted by atomic mass is 9.89. The fourth-order valence-electron chi connectivity index (χ4n) is 2.13. The molecule has 1 nitrogen and oxygen atoms in total. The Balaban J connectivity index is 2.48. The van der Waals surface area contributed by atoms with Gasteiger partial charge in [-0.25, -0.2) is 8.78 Å². The minimum Gasteiger partial charge on any atom is -0.204 e. The zero-order chi connectivity index (χ0) is 11.3. The van der Waals surface area contributed by atoms with E-state index in [9.17, 15) is 8.78 Å². The molecule has 1 aliphatic carbocycles. The lowest BCUT2D eigenvalue weighted by molar-refractivity contribution is 0.502. The molecule has 3 heteroatoms. The Bertz CT molecular complexity index is 459. The molecular weight excluding hydrogens is 196 g/mol. The summed E-state index contributed by atoms with van der Waals surface area (Å²) in [5.41, 5.74) is -0.206. The molecule has 1 saturated carbocycles. The highest BCUT2D eigenvalue weighted by atomic mass is 19.2. The van der Waals surface area contributed by atoms with Gasteiger partial charge in [-0.3, -0.25) is 0 Å². The Morgan fingerprint density at radius 1 is 1.27 bits per heavy atom. The smallest absolute Gasteiger partial charge is 0.159 e. The maximum absolute atomic E-state index is 13.0. The van der Waals surface area contributed by atoms with Crippen molar-refractivity contribution in [3.8, 4) is 6.07 Å². The van der Waals surface area contributed by atoms with Gasteiger partial charge < -0.3 is 0 Å². The van der Waals surface area contributed by atoms with Crippen molar-refractivity contribution >= 4 is 0 Å². The van der Waals surface area contributed by atoms with Gasteiger partial charge in [-0.05, 0) is 29.5 Å². The summed E-state index contributed by atoms with van der Waals surface area (Å²) in [5.74, 6) is -1.75. The third kappa shape index (κ3) is 1.25. The number of benzene rings is 1. The molecule has 1 aromatic rings. The van der Waals surface area contributed by atoms with E-state index in [1.165, 1.54) is 6.07 Å². The van der Waals surface area contributed by atoms with E-state index < -0.39 is 17.0 Å². The largest absolute Gasteiger partial charge is 0.204 e. The van der Waals surface area contributed by atoms with Gasteiger partial charge in [0.1, 0.15) is 0 Å². The highest BCUT2D eigenvalue weighted by Crippen LogP contribution is 2.63. The minimum atomic E-state index is -0.884. The van der Waals surface area contributed by atoms with Crippen LogP contribution in [0.5, 0.6) is 0 Å². The summed E-state index contributed by atoms with van der Waals surface area (Å²) in [4.78, 5) is 0. The highest BCUT2D eigenvalue weighted by Gasteiger charge is 2.63. The molecule has 1 aromatic carbocycles. The standard InChI is InChI=1S/C12H11F2N/c1-11(2)6-12(11,7-15)8-3-4-9(13)10(14)5-8/h3-5H,6H2,1-2H3. The molecule has 0 amide bonds. The van der Waals surface area contributed by atoms with Crippen LogP contribution in [-0.2, 0) is 5.41 Å². The predicted molar refractivity (Wildman–Crippen MR) is 52.0 cm³/mol. The Labute approximate surface area is 87.3 Å². The number of nitriles is 1. The quantitative estimate of drug-likeness (QED) is 0.694. The van der Waals surface area contributed by atoms with Crippen LogP contribution in [0.3, 0.4) is 0 Å². The first-order valence-electron chi connectivity index (χ1n) is 4.80. The van der Waals surface area contributed by atoms with Crippen LogP contribution >= 0.6 is 0 Å². The van der Waals surface area contributed by atoms with Gasteiger partial charge in [0.25, 0.3) is 0 Å². The zero-order valence-corrected chi connectivity index (χ0v) is 8.64. The Kier molecular flexibility index (Phi) is 1.88. The second-order valence-electron chi connectivity index (χ2n) is 4.71. The third-order valence-electron chi connectivity index (χ3n) is 3.34. The van der Waals surface area contributed by atoms with Gasteiger partial charge in [0.2, 0.25) is 0 Å². The van der Waals surface area contributed by atoms with Crippen molar-refractivity contribution in [2.45, 2.75) is 25.7 Å². The number of halogens is 2. The van der Waals surface area contributed by atoms with Gasteiger partial charge >= 0.3 is 0 Å². The van der Waals surface area contributed by atoms with Crippen LogP contribution in [0.2, 0.25) is 0 Å². The molecule has 0 radical (unpaired) electrons. The normalized spacial score (nSPS) is 27.1. The molecule has 78 valence electrons. The van der Waals surface area contributed by atoms with Crippen molar-refractivity contribution in [3.05, 3.63) is 35.4 Å². The van der Waals surface area contributed by atoms with Gasteiger partial charge in [-0.15, -0.1) is 0 Å². The molecule has 0 saturated heterocycles. The Morgan fingerprint density at radius 2 is 1.87 bits per heavy atom. The average molecular weight is 207 g/mol. The van der Waals surface area contributed by atoms with Crippen molar-refractivity contribution < 1.29 is 8.78 Å². The van der Waals surface area contributed by atoms with Crippen molar-refractivity contribution in [2.75, 3.05) is 0 Å². The second-order valence-corrected chi connectivity index (χ2v) is 4.71. The van der Waals surface area contributed by atoms with Gasteiger partial charge in [-0.1, -0.05) is 19.9 Å². The van der Waals surface area contributed by atoms with E-state index in [4.69, 9.17) is 5.26 Å². The summed E-state index contributed by atoms with van der Waals surface area (Å²) in [6, 6.07) is 5.93. The van der Waals surface area contributed by atoms with Crippen molar-refractivity contribution in [3.63, 3.8) is 0 Å². The van der Waals surface area contributed by atoms with Crippen LogP contribution in [0, 0.1) is 28.4 Å². The molecule has 0 N–H and O–H groups in total. The summed E-state index contributed by atoms with van der Waals surface area (Å²) in [5, 5.41) is 9.14. The molecule has 0 aliphatic heterocycles.